The van der Waals surface area contributed by atoms with Crippen LogP contribution in [0.5, 0.6) is 0 Å². The molecule has 8 heteroatoms. The number of hydrogen-bond acceptors (Lipinski definition) is 6. The van der Waals surface area contributed by atoms with Gasteiger partial charge >= 0.3 is 0 Å². The van der Waals surface area contributed by atoms with E-state index in [0.29, 0.717) is 12.5 Å². The van der Waals surface area contributed by atoms with Crippen LogP contribution in [0.3, 0.4) is 0 Å². The molecule has 2 aromatic heterocycles. The Kier molecular flexibility index (Phi) is 4.11. The van der Waals surface area contributed by atoms with E-state index in [1.807, 2.05) is 18.4 Å². The van der Waals surface area contributed by atoms with Gasteiger partial charge in [-0.3, -0.25) is 0 Å². The van der Waals surface area contributed by atoms with Crippen LogP contribution in [0.1, 0.15) is 25.7 Å². The van der Waals surface area contributed by atoms with E-state index in [9.17, 15) is 4.39 Å². The van der Waals surface area contributed by atoms with Crippen LogP contribution in [0.4, 0.5) is 16.2 Å². The van der Waals surface area contributed by atoms with Gasteiger partial charge in [-0.1, -0.05) is 0 Å². The lowest BCUT2D eigenvalue weighted by Gasteiger charge is -2.14. The van der Waals surface area contributed by atoms with E-state index >= 15 is 0 Å². The maximum atomic E-state index is 13.5. The van der Waals surface area contributed by atoms with E-state index in [-0.39, 0.29) is 11.9 Å². The highest BCUT2D eigenvalue weighted by atomic mass is 19.1. The van der Waals surface area contributed by atoms with Crippen molar-refractivity contribution in [1.29, 1.82) is 0 Å². The normalized spacial score (nSPS) is 10.9. The largest absolute Gasteiger partial charge is 0.360 e. The Morgan fingerprint density at radius 3 is 2.80 bits per heavy atom. The number of hydrogen-bond donors (Lipinski definition) is 1. The summed E-state index contributed by atoms with van der Waals surface area (Å²) in [6, 6.07) is 0.272. The molecule has 1 N–H and O–H groups in total. The van der Waals surface area contributed by atoms with Crippen molar-refractivity contribution in [3.63, 3.8) is 0 Å². The van der Waals surface area contributed by atoms with Crippen molar-refractivity contribution in [2.24, 2.45) is 0 Å². The summed E-state index contributed by atoms with van der Waals surface area (Å²) in [5, 5.41) is 10.9. The topological polar surface area (TPSA) is 71.8 Å². The van der Waals surface area contributed by atoms with Crippen molar-refractivity contribution >= 4 is 11.8 Å². The van der Waals surface area contributed by atoms with E-state index in [4.69, 9.17) is 0 Å². The second-order valence-corrected chi connectivity index (χ2v) is 4.86. The second-order valence-electron chi connectivity index (χ2n) is 4.86. The van der Waals surface area contributed by atoms with Crippen molar-refractivity contribution in [3.8, 4) is 0 Å². The second kappa shape index (κ2) is 5.81. The number of nitrogens with one attached hydrogen (secondary N) is 1. The number of anilines is 2. The Balaban J connectivity index is 2.11. The summed E-state index contributed by atoms with van der Waals surface area (Å²) in [5.41, 5.74) is 0. The minimum absolute atomic E-state index is 0.243. The Hall–Kier alpha value is -2.25. The fourth-order valence-electron chi connectivity index (χ4n) is 1.74. The number of rotatable bonds is 5. The third-order valence-corrected chi connectivity index (χ3v) is 2.76. The number of halogens is 1. The molecule has 0 aromatic carbocycles. The Morgan fingerprint density at radius 2 is 2.15 bits per heavy atom. The zero-order valence-electron chi connectivity index (χ0n) is 12.0. The molecule has 2 heterocycles. The lowest BCUT2D eigenvalue weighted by Crippen LogP contribution is -2.16. The maximum absolute atomic E-state index is 13.5. The average Bonchev–Trinajstić information content (AvgIpc) is 2.86. The molecule has 0 spiro atoms. The SMILES string of the molecule is CC(C)n1cnnc1CNc1ncc(F)c(N(C)C)n1. The summed E-state index contributed by atoms with van der Waals surface area (Å²) in [5.74, 6) is 0.923. The van der Waals surface area contributed by atoms with Gasteiger partial charge in [0.05, 0.1) is 12.7 Å². The molecule has 0 bridgehead atoms. The summed E-state index contributed by atoms with van der Waals surface area (Å²) >= 11 is 0. The predicted octanol–water partition coefficient (Wildman–Crippen LogP) is 1.47. The fraction of sp³-hybridized carbons (Fsp3) is 0.500. The van der Waals surface area contributed by atoms with Crippen LogP contribution in [-0.4, -0.2) is 38.8 Å². The highest BCUT2D eigenvalue weighted by Crippen LogP contribution is 2.15. The van der Waals surface area contributed by atoms with Crippen LogP contribution in [0.25, 0.3) is 0 Å². The molecule has 2 aromatic rings. The summed E-state index contributed by atoms with van der Waals surface area (Å²) in [7, 11) is 3.45. The third kappa shape index (κ3) is 3.01. The molecule has 0 unspecified atom stereocenters. The van der Waals surface area contributed by atoms with E-state index in [1.54, 1.807) is 25.3 Å². The molecule has 0 aliphatic rings. The maximum Gasteiger partial charge on any atom is 0.225 e. The number of nitrogens with zero attached hydrogens (tertiary/aromatic N) is 6. The molecule has 2 rings (SSSR count). The van der Waals surface area contributed by atoms with Crippen LogP contribution in [0.2, 0.25) is 0 Å². The van der Waals surface area contributed by atoms with Gasteiger partial charge in [0.2, 0.25) is 5.95 Å². The summed E-state index contributed by atoms with van der Waals surface area (Å²) in [6.07, 6.45) is 2.83. The van der Waals surface area contributed by atoms with Crippen LogP contribution in [-0.2, 0) is 6.54 Å². The zero-order chi connectivity index (χ0) is 14.7. The standard InChI is InChI=1S/C12H18FN7/c1-8(2)20-7-16-18-10(20)6-15-12-14-5-9(13)11(17-12)19(3)4/h5,7-8H,6H2,1-4H3,(H,14,15,17). The molecular formula is C12H18FN7. The number of aromatic nitrogens is 5. The molecule has 0 aliphatic heterocycles. The van der Waals surface area contributed by atoms with Gasteiger partial charge in [-0.2, -0.15) is 4.98 Å². The molecular weight excluding hydrogens is 261 g/mol. The van der Waals surface area contributed by atoms with Gasteiger partial charge in [0.25, 0.3) is 0 Å². The molecule has 0 fully saturated rings. The van der Waals surface area contributed by atoms with Crippen LogP contribution < -0.4 is 10.2 Å². The summed E-state index contributed by atoms with van der Waals surface area (Å²) < 4.78 is 15.4. The van der Waals surface area contributed by atoms with Gasteiger partial charge in [-0.25, -0.2) is 9.37 Å². The van der Waals surface area contributed by atoms with Crippen LogP contribution >= 0.6 is 0 Å². The van der Waals surface area contributed by atoms with Gasteiger partial charge in [-0.05, 0) is 13.8 Å². The van der Waals surface area contributed by atoms with Gasteiger partial charge in [-0.15, -0.1) is 10.2 Å². The van der Waals surface area contributed by atoms with E-state index in [0.717, 1.165) is 12.0 Å². The molecule has 0 amide bonds. The molecule has 0 saturated heterocycles. The summed E-state index contributed by atoms with van der Waals surface area (Å²) in [6.45, 7) is 4.52. The Labute approximate surface area is 116 Å². The monoisotopic (exact) mass is 279 g/mol. The van der Waals surface area contributed by atoms with Crippen molar-refractivity contribution in [2.75, 3.05) is 24.3 Å². The quantitative estimate of drug-likeness (QED) is 0.893. The average molecular weight is 279 g/mol. The molecule has 0 saturated carbocycles. The van der Waals surface area contributed by atoms with Crippen molar-refractivity contribution in [1.82, 2.24) is 24.7 Å². The molecule has 0 radical (unpaired) electrons. The van der Waals surface area contributed by atoms with Crippen LogP contribution in [0, 0.1) is 5.82 Å². The molecule has 0 atom stereocenters. The van der Waals surface area contributed by atoms with Gasteiger partial charge in [0, 0.05) is 20.1 Å². The van der Waals surface area contributed by atoms with Gasteiger partial charge in [0.15, 0.2) is 17.5 Å². The van der Waals surface area contributed by atoms with Crippen molar-refractivity contribution < 1.29 is 4.39 Å². The van der Waals surface area contributed by atoms with E-state index in [1.165, 1.54) is 0 Å². The predicted molar refractivity (Wildman–Crippen MR) is 74.1 cm³/mol. The molecule has 0 aliphatic carbocycles. The fourth-order valence-corrected chi connectivity index (χ4v) is 1.74. The van der Waals surface area contributed by atoms with Gasteiger partial charge in [0.1, 0.15) is 6.33 Å². The Bertz CT molecular complexity index is 579. The first-order valence-corrected chi connectivity index (χ1v) is 6.31. The first-order chi connectivity index (χ1) is 9.49. The molecule has 7 nitrogen and oxygen atoms in total. The molecule has 108 valence electrons. The summed E-state index contributed by atoms with van der Waals surface area (Å²) in [4.78, 5) is 9.63. The van der Waals surface area contributed by atoms with E-state index in [2.05, 4.69) is 25.5 Å². The first-order valence-electron chi connectivity index (χ1n) is 6.31. The smallest absolute Gasteiger partial charge is 0.225 e. The minimum atomic E-state index is -0.453. The van der Waals surface area contributed by atoms with E-state index < -0.39 is 5.82 Å². The lowest BCUT2D eigenvalue weighted by molar-refractivity contribution is 0.571. The molecule has 20 heavy (non-hydrogen) atoms. The van der Waals surface area contributed by atoms with Crippen molar-refractivity contribution in [2.45, 2.75) is 26.4 Å². The lowest BCUT2D eigenvalue weighted by atomic mass is 10.4. The first kappa shape index (κ1) is 14.2. The minimum Gasteiger partial charge on any atom is -0.360 e. The van der Waals surface area contributed by atoms with Crippen molar-refractivity contribution in [3.05, 3.63) is 24.2 Å². The highest BCUT2D eigenvalue weighted by molar-refractivity contribution is 5.42. The van der Waals surface area contributed by atoms with Gasteiger partial charge < -0.3 is 14.8 Å². The van der Waals surface area contributed by atoms with Crippen LogP contribution in [0.15, 0.2) is 12.5 Å². The zero-order valence-corrected chi connectivity index (χ0v) is 12.0. The highest BCUT2D eigenvalue weighted by Gasteiger charge is 2.11. The third-order valence-electron chi connectivity index (χ3n) is 2.76. The Morgan fingerprint density at radius 1 is 1.40 bits per heavy atom.